The van der Waals surface area contributed by atoms with Crippen molar-refractivity contribution in [3.8, 4) is 6.07 Å². The molecule has 0 aromatic heterocycles. The highest BCUT2D eigenvalue weighted by Gasteiger charge is 2.05. The van der Waals surface area contributed by atoms with Crippen molar-refractivity contribution >= 4 is 5.69 Å². The van der Waals surface area contributed by atoms with Crippen molar-refractivity contribution in [1.29, 1.82) is 5.26 Å². The molecule has 1 N–H and O–H groups in total. The average Bonchev–Trinajstić information content (AvgIpc) is 2.24. The number of benzene rings is 1. The van der Waals surface area contributed by atoms with Gasteiger partial charge in [-0.1, -0.05) is 11.2 Å². The smallest absolute Gasteiger partial charge is 0.125 e. The van der Waals surface area contributed by atoms with E-state index in [1.54, 1.807) is 6.07 Å². The molecule has 5 nitrogen and oxygen atoms in total. The van der Waals surface area contributed by atoms with Gasteiger partial charge in [-0.2, -0.15) is 5.26 Å². The molecule has 0 saturated heterocycles. The maximum absolute atomic E-state index is 12.8. The lowest BCUT2D eigenvalue weighted by Gasteiger charge is -2.09. The van der Waals surface area contributed by atoms with Crippen LogP contribution in [0, 0.1) is 17.1 Å². The zero-order valence-corrected chi connectivity index (χ0v) is 7.76. The minimum absolute atomic E-state index is 0.00349. The molecule has 0 fully saturated rings. The van der Waals surface area contributed by atoms with Crippen LogP contribution in [0.25, 0.3) is 10.4 Å². The topological polar surface area (TPSA) is 84.6 Å². The Bertz CT molecular complexity index is 419. The SMILES string of the molecule is N#CC(CN=[N+]=[N-])Nc1cccc(F)c1. The number of halogens is 1. The van der Waals surface area contributed by atoms with E-state index in [2.05, 4.69) is 15.3 Å². The number of nitrogens with zero attached hydrogens (tertiary/aromatic N) is 4. The van der Waals surface area contributed by atoms with E-state index in [1.807, 2.05) is 6.07 Å². The highest BCUT2D eigenvalue weighted by molar-refractivity contribution is 5.45. The first-order chi connectivity index (χ1) is 7.26. The summed E-state index contributed by atoms with van der Waals surface area (Å²) in [5.41, 5.74) is 8.56. The van der Waals surface area contributed by atoms with Crippen molar-refractivity contribution in [3.05, 3.63) is 40.5 Å². The number of hydrogen-bond acceptors (Lipinski definition) is 3. The van der Waals surface area contributed by atoms with Crippen molar-refractivity contribution in [2.24, 2.45) is 5.11 Å². The van der Waals surface area contributed by atoms with E-state index < -0.39 is 6.04 Å². The third-order valence-corrected chi connectivity index (χ3v) is 1.65. The maximum Gasteiger partial charge on any atom is 0.125 e. The minimum atomic E-state index is -0.650. The van der Waals surface area contributed by atoms with Gasteiger partial charge in [0, 0.05) is 10.6 Å². The molecule has 1 unspecified atom stereocenters. The normalized spacial score (nSPS) is 10.9. The van der Waals surface area contributed by atoms with Crippen LogP contribution in [0.4, 0.5) is 10.1 Å². The Balaban J connectivity index is 2.67. The van der Waals surface area contributed by atoms with Gasteiger partial charge >= 0.3 is 0 Å². The van der Waals surface area contributed by atoms with Gasteiger partial charge in [-0.3, -0.25) is 0 Å². The molecular formula is C9H8FN5. The number of nitrogens with one attached hydrogen (secondary N) is 1. The molecule has 15 heavy (non-hydrogen) atoms. The zero-order valence-electron chi connectivity index (χ0n) is 7.76. The maximum atomic E-state index is 12.8. The molecule has 1 atom stereocenters. The van der Waals surface area contributed by atoms with Gasteiger partial charge in [0.25, 0.3) is 0 Å². The van der Waals surface area contributed by atoms with Crippen LogP contribution < -0.4 is 5.32 Å². The van der Waals surface area contributed by atoms with Crippen molar-refractivity contribution in [3.63, 3.8) is 0 Å². The fourth-order valence-electron chi connectivity index (χ4n) is 1.02. The molecular weight excluding hydrogens is 197 g/mol. The second-order valence-corrected chi connectivity index (χ2v) is 2.75. The lowest BCUT2D eigenvalue weighted by molar-refractivity contribution is 0.628. The Kier molecular flexibility index (Phi) is 3.95. The first kappa shape index (κ1) is 10.8. The van der Waals surface area contributed by atoms with E-state index in [1.165, 1.54) is 18.2 Å². The van der Waals surface area contributed by atoms with Crippen LogP contribution in [0.3, 0.4) is 0 Å². The standard InChI is InChI=1S/C9H8FN5/c10-7-2-1-3-8(4-7)14-9(5-11)6-13-15-12/h1-4,9,14H,6H2. The van der Waals surface area contributed by atoms with Gasteiger partial charge in [-0.25, -0.2) is 4.39 Å². The first-order valence-corrected chi connectivity index (χ1v) is 4.19. The van der Waals surface area contributed by atoms with Crippen LogP contribution in [-0.4, -0.2) is 12.6 Å². The molecule has 0 aliphatic carbocycles. The van der Waals surface area contributed by atoms with Gasteiger partial charge in [0.1, 0.15) is 11.9 Å². The van der Waals surface area contributed by atoms with E-state index in [9.17, 15) is 4.39 Å². The molecule has 0 heterocycles. The summed E-state index contributed by atoms with van der Waals surface area (Å²) < 4.78 is 12.8. The molecule has 1 rings (SSSR count). The Morgan fingerprint density at radius 3 is 3.07 bits per heavy atom. The molecule has 0 aliphatic rings. The lowest BCUT2D eigenvalue weighted by Crippen LogP contribution is -2.20. The van der Waals surface area contributed by atoms with Crippen LogP contribution in [-0.2, 0) is 0 Å². The van der Waals surface area contributed by atoms with Crippen molar-refractivity contribution in [2.45, 2.75) is 6.04 Å². The molecule has 0 radical (unpaired) electrons. The van der Waals surface area contributed by atoms with E-state index in [0.717, 1.165) is 0 Å². The molecule has 1 aromatic carbocycles. The second-order valence-electron chi connectivity index (χ2n) is 2.75. The van der Waals surface area contributed by atoms with Gasteiger partial charge in [-0.05, 0) is 23.7 Å². The summed E-state index contributed by atoms with van der Waals surface area (Å²) in [6.07, 6.45) is 0. The van der Waals surface area contributed by atoms with Crippen molar-refractivity contribution < 1.29 is 4.39 Å². The Hall–Kier alpha value is -2.25. The number of hydrogen-bond donors (Lipinski definition) is 1. The van der Waals surface area contributed by atoms with E-state index >= 15 is 0 Å². The quantitative estimate of drug-likeness (QED) is 0.465. The van der Waals surface area contributed by atoms with Crippen LogP contribution in [0.2, 0.25) is 0 Å². The molecule has 1 aromatic rings. The summed E-state index contributed by atoms with van der Waals surface area (Å²) in [5.74, 6) is -0.388. The summed E-state index contributed by atoms with van der Waals surface area (Å²) in [5, 5.41) is 14.7. The highest BCUT2D eigenvalue weighted by Crippen LogP contribution is 2.10. The molecule has 0 saturated carbocycles. The van der Waals surface area contributed by atoms with Gasteiger partial charge < -0.3 is 5.32 Å². The summed E-state index contributed by atoms with van der Waals surface area (Å²) >= 11 is 0. The average molecular weight is 205 g/mol. The van der Waals surface area contributed by atoms with Crippen LogP contribution >= 0.6 is 0 Å². The third kappa shape index (κ3) is 3.55. The van der Waals surface area contributed by atoms with Crippen LogP contribution in [0.1, 0.15) is 0 Å². The predicted octanol–water partition coefficient (Wildman–Crippen LogP) is 2.44. The van der Waals surface area contributed by atoms with E-state index in [-0.39, 0.29) is 12.4 Å². The molecule has 0 amide bonds. The van der Waals surface area contributed by atoms with Crippen molar-refractivity contribution in [2.75, 3.05) is 11.9 Å². The van der Waals surface area contributed by atoms with Gasteiger partial charge in [0.2, 0.25) is 0 Å². The Morgan fingerprint density at radius 1 is 1.67 bits per heavy atom. The number of azide groups is 1. The van der Waals surface area contributed by atoms with Crippen LogP contribution in [0.15, 0.2) is 29.4 Å². The Morgan fingerprint density at radius 2 is 2.47 bits per heavy atom. The number of nitriles is 1. The van der Waals surface area contributed by atoms with Crippen molar-refractivity contribution in [1.82, 2.24) is 0 Å². The van der Waals surface area contributed by atoms with Gasteiger partial charge in [-0.15, -0.1) is 0 Å². The number of anilines is 1. The summed E-state index contributed by atoms with van der Waals surface area (Å²) in [6, 6.07) is 6.98. The Labute approximate surface area is 85.8 Å². The monoisotopic (exact) mass is 205 g/mol. The predicted molar refractivity (Wildman–Crippen MR) is 53.4 cm³/mol. The molecule has 76 valence electrons. The fourth-order valence-corrected chi connectivity index (χ4v) is 1.02. The summed E-state index contributed by atoms with van der Waals surface area (Å²) in [4.78, 5) is 2.54. The number of rotatable bonds is 4. The largest absolute Gasteiger partial charge is 0.370 e. The molecule has 6 heteroatoms. The summed E-state index contributed by atoms with van der Waals surface area (Å²) in [7, 11) is 0. The molecule has 0 aliphatic heterocycles. The minimum Gasteiger partial charge on any atom is -0.370 e. The first-order valence-electron chi connectivity index (χ1n) is 4.19. The molecule has 0 spiro atoms. The van der Waals surface area contributed by atoms with E-state index in [4.69, 9.17) is 10.8 Å². The molecule has 0 bridgehead atoms. The van der Waals surface area contributed by atoms with E-state index in [0.29, 0.717) is 5.69 Å². The van der Waals surface area contributed by atoms with Crippen LogP contribution in [0.5, 0.6) is 0 Å². The lowest BCUT2D eigenvalue weighted by atomic mass is 10.2. The third-order valence-electron chi connectivity index (χ3n) is 1.65. The van der Waals surface area contributed by atoms with Gasteiger partial charge in [0.05, 0.1) is 12.6 Å². The summed E-state index contributed by atoms with van der Waals surface area (Å²) in [6.45, 7) is 0.00349. The second kappa shape index (κ2) is 5.47. The highest BCUT2D eigenvalue weighted by atomic mass is 19.1. The fraction of sp³-hybridized carbons (Fsp3) is 0.222. The van der Waals surface area contributed by atoms with Gasteiger partial charge in [0.15, 0.2) is 0 Å². The zero-order chi connectivity index (χ0) is 11.1.